The predicted molar refractivity (Wildman–Crippen MR) is 124 cm³/mol. The van der Waals surface area contributed by atoms with Crippen LogP contribution in [-0.4, -0.2) is 65.9 Å². The van der Waals surface area contributed by atoms with Gasteiger partial charge in [-0.3, -0.25) is 14.6 Å². The molecule has 160 valence electrons. The topological polar surface area (TPSA) is 26.8 Å². The summed E-state index contributed by atoms with van der Waals surface area (Å²) in [4.78, 5) is 20.0. The third kappa shape index (κ3) is 4.88. The van der Waals surface area contributed by atoms with Crippen LogP contribution in [0, 0.1) is 0 Å². The zero-order chi connectivity index (χ0) is 20.9. The Hall–Kier alpha value is -1.88. The zero-order valence-corrected chi connectivity index (χ0v) is 18.7. The fourth-order valence-electron chi connectivity index (χ4n) is 4.80. The summed E-state index contributed by atoms with van der Waals surface area (Å²) < 4.78 is 0. The Morgan fingerprint density at radius 2 is 1.70 bits per heavy atom. The molecule has 2 aromatic rings. The van der Waals surface area contributed by atoms with Crippen molar-refractivity contribution < 1.29 is 4.79 Å². The quantitative estimate of drug-likeness (QED) is 0.704. The lowest BCUT2D eigenvalue weighted by Gasteiger charge is -2.40. The normalized spacial score (nSPS) is 21.0. The summed E-state index contributed by atoms with van der Waals surface area (Å²) in [5.74, 6) is 0.345. The molecule has 2 aromatic carbocycles. The second kappa shape index (κ2) is 9.95. The van der Waals surface area contributed by atoms with Crippen molar-refractivity contribution in [1.82, 2.24) is 14.7 Å². The SMILES string of the molecule is CCN1CCCC[C@H]1C(=O)N1CCN(Cc2ccccc2-c2ccc(Cl)cc2)CC1. The largest absolute Gasteiger partial charge is 0.339 e. The first-order valence-corrected chi connectivity index (χ1v) is 11.6. The molecular weight excluding hydrogens is 394 g/mol. The lowest BCUT2D eigenvalue weighted by Crippen LogP contribution is -2.55. The van der Waals surface area contributed by atoms with Crippen molar-refractivity contribution in [3.63, 3.8) is 0 Å². The number of hydrogen-bond donors (Lipinski definition) is 0. The van der Waals surface area contributed by atoms with Crippen molar-refractivity contribution in [3.05, 3.63) is 59.1 Å². The highest BCUT2D eigenvalue weighted by Crippen LogP contribution is 2.27. The Morgan fingerprint density at radius 3 is 2.43 bits per heavy atom. The van der Waals surface area contributed by atoms with Crippen LogP contribution in [0.4, 0.5) is 0 Å². The van der Waals surface area contributed by atoms with Gasteiger partial charge in [0.05, 0.1) is 6.04 Å². The van der Waals surface area contributed by atoms with Gasteiger partial charge in [0.1, 0.15) is 0 Å². The van der Waals surface area contributed by atoms with E-state index in [0.29, 0.717) is 5.91 Å². The summed E-state index contributed by atoms with van der Waals surface area (Å²) in [6.45, 7) is 8.63. The molecule has 0 unspecified atom stereocenters. The Kier molecular flexibility index (Phi) is 7.08. The third-order valence-electron chi connectivity index (χ3n) is 6.56. The van der Waals surface area contributed by atoms with E-state index < -0.39 is 0 Å². The molecule has 1 atom stereocenters. The van der Waals surface area contributed by atoms with Crippen LogP contribution in [0.5, 0.6) is 0 Å². The summed E-state index contributed by atoms with van der Waals surface area (Å²) in [7, 11) is 0. The molecule has 0 bridgehead atoms. The molecule has 2 aliphatic rings. The second-order valence-corrected chi connectivity index (χ2v) is 8.84. The van der Waals surface area contributed by atoms with Gasteiger partial charge in [0.25, 0.3) is 0 Å². The van der Waals surface area contributed by atoms with Crippen LogP contribution >= 0.6 is 11.6 Å². The Balaban J connectivity index is 1.37. The molecule has 2 heterocycles. The first kappa shape index (κ1) is 21.4. The number of hydrogen-bond acceptors (Lipinski definition) is 3. The monoisotopic (exact) mass is 425 g/mol. The van der Waals surface area contributed by atoms with E-state index in [0.717, 1.165) is 57.3 Å². The maximum atomic E-state index is 13.1. The fourth-order valence-corrected chi connectivity index (χ4v) is 4.92. The zero-order valence-electron chi connectivity index (χ0n) is 17.9. The van der Waals surface area contributed by atoms with Crippen LogP contribution in [0.3, 0.4) is 0 Å². The van der Waals surface area contributed by atoms with Crippen molar-refractivity contribution in [2.45, 2.75) is 38.8 Å². The first-order chi connectivity index (χ1) is 14.7. The molecule has 0 spiro atoms. The minimum Gasteiger partial charge on any atom is -0.339 e. The van der Waals surface area contributed by atoms with Crippen molar-refractivity contribution in [3.8, 4) is 11.1 Å². The number of likely N-dealkylation sites (tertiary alicyclic amines) is 1. The molecule has 0 N–H and O–H groups in total. The number of carbonyl (C=O) groups excluding carboxylic acids is 1. The molecule has 0 aromatic heterocycles. The minimum absolute atomic E-state index is 0.0981. The number of halogens is 1. The van der Waals surface area contributed by atoms with Gasteiger partial charge in [-0.15, -0.1) is 0 Å². The molecule has 4 rings (SSSR count). The highest BCUT2D eigenvalue weighted by atomic mass is 35.5. The standard InChI is InChI=1S/C25H32ClN3O/c1-2-28-14-6-5-9-24(28)25(30)29-17-15-27(16-18-29)19-21-7-3-4-8-23(21)20-10-12-22(26)13-11-20/h3-4,7-8,10-13,24H,2,5-6,9,14-19H2,1H3/t24-/m0/s1. The van der Waals surface area contributed by atoms with Crippen molar-refractivity contribution in [2.24, 2.45) is 0 Å². The molecule has 2 fully saturated rings. The van der Waals surface area contributed by atoms with Gasteiger partial charge in [0, 0.05) is 37.7 Å². The Labute approximate surface area is 185 Å². The smallest absolute Gasteiger partial charge is 0.240 e. The van der Waals surface area contributed by atoms with Crippen LogP contribution in [0.25, 0.3) is 11.1 Å². The third-order valence-corrected chi connectivity index (χ3v) is 6.81. The molecule has 0 aliphatic carbocycles. The van der Waals surface area contributed by atoms with E-state index in [1.807, 2.05) is 12.1 Å². The maximum Gasteiger partial charge on any atom is 0.240 e. The van der Waals surface area contributed by atoms with Gasteiger partial charge < -0.3 is 4.90 Å². The highest BCUT2D eigenvalue weighted by molar-refractivity contribution is 6.30. The molecule has 2 aliphatic heterocycles. The summed E-state index contributed by atoms with van der Waals surface area (Å²) in [5, 5.41) is 0.761. The molecule has 4 nitrogen and oxygen atoms in total. The molecule has 0 radical (unpaired) electrons. The van der Waals surface area contributed by atoms with E-state index in [4.69, 9.17) is 11.6 Å². The summed E-state index contributed by atoms with van der Waals surface area (Å²) in [6, 6.07) is 16.8. The first-order valence-electron chi connectivity index (χ1n) is 11.2. The number of piperazine rings is 1. The number of amides is 1. The van der Waals surface area contributed by atoms with E-state index in [1.54, 1.807) is 0 Å². The van der Waals surface area contributed by atoms with E-state index in [9.17, 15) is 4.79 Å². The second-order valence-electron chi connectivity index (χ2n) is 8.41. The van der Waals surface area contributed by atoms with Crippen molar-refractivity contribution >= 4 is 17.5 Å². The van der Waals surface area contributed by atoms with Crippen molar-refractivity contribution in [1.29, 1.82) is 0 Å². The molecular formula is C25H32ClN3O. The Morgan fingerprint density at radius 1 is 0.967 bits per heavy atom. The molecule has 0 saturated carbocycles. The number of carbonyl (C=O) groups is 1. The molecule has 5 heteroatoms. The predicted octanol–water partition coefficient (Wildman–Crippen LogP) is 4.53. The number of benzene rings is 2. The van der Waals surface area contributed by atoms with E-state index in [1.165, 1.54) is 29.5 Å². The molecule has 30 heavy (non-hydrogen) atoms. The van der Waals surface area contributed by atoms with Crippen LogP contribution in [0.15, 0.2) is 48.5 Å². The van der Waals surface area contributed by atoms with E-state index >= 15 is 0 Å². The van der Waals surface area contributed by atoms with E-state index in [-0.39, 0.29) is 6.04 Å². The fraction of sp³-hybridized carbons (Fsp3) is 0.480. The molecule has 2 saturated heterocycles. The van der Waals surface area contributed by atoms with E-state index in [2.05, 4.69) is 58.0 Å². The van der Waals surface area contributed by atoms with Gasteiger partial charge in [-0.1, -0.05) is 61.3 Å². The average molecular weight is 426 g/mol. The maximum absolute atomic E-state index is 13.1. The molecule has 1 amide bonds. The van der Waals surface area contributed by atoms with Crippen LogP contribution < -0.4 is 0 Å². The van der Waals surface area contributed by atoms with Crippen molar-refractivity contribution in [2.75, 3.05) is 39.3 Å². The van der Waals surface area contributed by atoms with Gasteiger partial charge in [0.15, 0.2) is 0 Å². The van der Waals surface area contributed by atoms with Gasteiger partial charge in [-0.05, 0) is 54.8 Å². The number of likely N-dealkylation sites (N-methyl/N-ethyl adjacent to an activating group) is 1. The van der Waals surface area contributed by atoms with Crippen LogP contribution in [-0.2, 0) is 11.3 Å². The highest BCUT2D eigenvalue weighted by Gasteiger charge is 2.32. The summed E-state index contributed by atoms with van der Waals surface area (Å²) >= 11 is 6.06. The number of piperidine rings is 1. The number of rotatable bonds is 5. The average Bonchev–Trinajstić information content (AvgIpc) is 2.80. The lowest BCUT2D eigenvalue weighted by molar-refractivity contribution is -0.140. The summed E-state index contributed by atoms with van der Waals surface area (Å²) in [5.41, 5.74) is 3.78. The lowest BCUT2D eigenvalue weighted by atomic mass is 9.99. The van der Waals surface area contributed by atoms with Gasteiger partial charge in [-0.2, -0.15) is 0 Å². The van der Waals surface area contributed by atoms with Gasteiger partial charge in [0.2, 0.25) is 5.91 Å². The van der Waals surface area contributed by atoms with Gasteiger partial charge >= 0.3 is 0 Å². The minimum atomic E-state index is 0.0981. The van der Waals surface area contributed by atoms with Crippen LogP contribution in [0.1, 0.15) is 31.7 Å². The number of nitrogens with zero attached hydrogens (tertiary/aromatic N) is 3. The van der Waals surface area contributed by atoms with Crippen LogP contribution in [0.2, 0.25) is 5.02 Å². The Bertz CT molecular complexity index is 846. The summed E-state index contributed by atoms with van der Waals surface area (Å²) in [6.07, 6.45) is 3.41. The van der Waals surface area contributed by atoms with Gasteiger partial charge in [-0.25, -0.2) is 0 Å².